The molecular weight excluding hydrogens is 206 g/mol. The molecule has 0 unspecified atom stereocenters. The van der Waals surface area contributed by atoms with Gasteiger partial charge in [-0.15, -0.1) is 0 Å². The second-order valence-corrected chi connectivity index (χ2v) is 5.05. The van der Waals surface area contributed by atoms with Gasteiger partial charge in [0.1, 0.15) is 0 Å². The van der Waals surface area contributed by atoms with E-state index < -0.39 is 0 Å². The molecule has 1 saturated carbocycles. The van der Waals surface area contributed by atoms with Gasteiger partial charge in [0.05, 0.1) is 0 Å². The van der Waals surface area contributed by atoms with Gasteiger partial charge in [-0.25, -0.2) is 0 Å². The van der Waals surface area contributed by atoms with Crippen molar-refractivity contribution in [3.63, 3.8) is 0 Å². The topological polar surface area (TPSA) is 26.0 Å². The summed E-state index contributed by atoms with van der Waals surface area (Å²) in [4.78, 5) is 0. The predicted molar refractivity (Wildman–Crippen MR) is 71.7 cm³/mol. The van der Waals surface area contributed by atoms with Crippen LogP contribution in [-0.4, -0.2) is 0 Å². The van der Waals surface area contributed by atoms with Crippen molar-refractivity contribution in [3.05, 3.63) is 59.7 Å². The summed E-state index contributed by atoms with van der Waals surface area (Å²) in [7, 11) is 0. The van der Waals surface area contributed by atoms with Crippen LogP contribution in [0.2, 0.25) is 0 Å². The molecule has 0 bridgehead atoms. The number of hydrogen-bond acceptors (Lipinski definition) is 1. The third-order valence-corrected chi connectivity index (χ3v) is 3.69. The molecule has 1 heteroatoms. The Morgan fingerprint density at radius 2 is 1.71 bits per heavy atom. The smallest absolute Gasteiger partial charge is 0.0411 e. The zero-order valence-electron chi connectivity index (χ0n) is 10.1. The summed E-state index contributed by atoms with van der Waals surface area (Å²) in [6.45, 7) is 2.15. The molecule has 2 aromatic rings. The van der Waals surface area contributed by atoms with Gasteiger partial charge >= 0.3 is 0 Å². The van der Waals surface area contributed by atoms with Crippen molar-refractivity contribution in [3.8, 4) is 11.1 Å². The van der Waals surface area contributed by atoms with Gasteiger partial charge in [0.25, 0.3) is 0 Å². The molecular formula is C16H17N. The van der Waals surface area contributed by atoms with Crippen molar-refractivity contribution in [1.82, 2.24) is 0 Å². The fourth-order valence-electron chi connectivity index (χ4n) is 2.28. The van der Waals surface area contributed by atoms with Gasteiger partial charge in [-0.2, -0.15) is 0 Å². The molecule has 1 aliphatic rings. The fraction of sp³-hybridized carbons (Fsp3) is 0.250. The van der Waals surface area contributed by atoms with E-state index in [9.17, 15) is 0 Å². The van der Waals surface area contributed by atoms with Crippen LogP contribution in [-0.2, 0) is 5.54 Å². The van der Waals surface area contributed by atoms with Crippen molar-refractivity contribution in [1.29, 1.82) is 0 Å². The zero-order valence-corrected chi connectivity index (χ0v) is 10.1. The molecule has 1 aliphatic carbocycles. The Morgan fingerprint density at radius 3 is 2.35 bits per heavy atom. The number of benzene rings is 2. The molecule has 2 aromatic carbocycles. The van der Waals surface area contributed by atoms with E-state index in [1.165, 1.54) is 22.3 Å². The summed E-state index contributed by atoms with van der Waals surface area (Å²) in [5.74, 6) is 0. The van der Waals surface area contributed by atoms with Crippen molar-refractivity contribution in [2.45, 2.75) is 25.3 Å². The van der Waals surface area contributed by atoms with E-state index in [1.54, 1.807) is 0 Å². The van der Waals surface area contributed by atoms with E-state index in [0.29, 0.717) is 0 Å². The van der Waals surface area contributed by atoms with Crippen LogP contribution in [0.15, 0.2) is 48.5 Å². The highest BCUT2D eigenvalue weighted by Gasteiger charge is 2.40. The number of hydrogen-bond donors (Lipinski definition) is 1. The van der Waals surface area contributed by atoms with Crippen molar-refractivity contribution < 1.29 is 0 Å². The van der Waals surface area contributed by atoms with Crippen LogP contribution in [0.4, 0.5) is 0 Å². The molecule has 86 valence electrons. The van der Waals surface area contributed by atoms with Gasteiger partial charge in [-0.05, 0) is 48.1 Å². The lowest BCUT2D eigenvalue weighted by Crippen LogP contribution is -2.18. The maximum Gasteiger partial charge on any atom is 0.0411 e. The number of rotatable bonds is 2. The van der Waals surface area contributed by atoms with Crippen molar-refractivity contribution in [2.24, 2.45) is 5.73 Å². The highest BCUT2D eigenvalue weighted by molar-refractivity contribution is 5.68. The summed E-state index contributed by atoms with van der Waals surface area (Å²) in [6, 6.07) is 17.1. The van der Waals surface area contributed by atoms with E-state index in [2.05, 4.69) is 49.4 Å². The zero-order chi connectivity index (χ0) is 11.9. The van der Waals surface area contributed by atoms with Crippen LogP contribution in [0.1, 0.15) is 24.0 Å². The first-order valence-corrected chi connectivity index (χ1v) is 6.14. The first-order valence-electron chi connectivity index (χ1n) is 6.14. The van der Waals surface area contributed by atoms with Crippen LogP contribution in [0.25, 0.3) is 11.1 Å². The van der Waals surface area contributed by atoms with Crippen LogP contribution in [0.5, 0.6) is 0 Å². The largest absolute Gasteiger partial charge is 0.321 e. The Balaban J connectivity index is 2.10. The van der Waals surface area contributed by atoms with E-state index >= 15 is 0 Å². The minimum absolute atomic E-state index is 0.0444. The van der Waals surface area contributed by atoms with Gasteiger partial charge < -0.3 is 5.73 Å². The van der Waals surface area contributed by atoms with Gasteiger partial charge in [-0.3, -0.25) is 0 Å². The van der Waals surface area contributed by atoms with Crippen LogP contribution < -0.4 is 5.73 Å². The minimum Gasteiger partial charge on any atom is -0.321 e. The lowest BCUT2D eigenvalue weighted by atomic mass is 9.95. The Bertz CT molecular complexity index is 539. The quantitative estimate of drug-likeness (QED) is 0.827. The number of aryl methyl sites for hydroxylation is 1. The molecule has 0 aromatic heterocycles. The standard InChI is InChI=1S/C16H17N/c1-12-7-8-14(16(17)9-10-16)11-15(12)13-5-3-2-4-6-13/h2-8,11H,9-10,17H2,1H3. The molecule has 0 spiro atoms. The van der Waals surface area contributed by atoms with E-state index in [4.69, 9.17) is 5.73 Å². The van der Waals surface area contributed by atoms with E-state index in [1.807, 2.05) is 6.07 Å². The van der Waals surface area contributed by atoms with Crippen LogP contribution >= 0.6 is 0 Å². The van der Waals surface area contributed by atoms with Crippen molar-refractivity contribution in [2.75, 3.05) is 0 Å². The summed E-state index contributed by atoms with van der Waals surface area (Å²) in [6.07, 6.45) is 2.23. The predicted octanol–water partition coefficient (Wildman–Crippen LogP) is 3.61. The summed E-state index contributed by atoms with van der Waals surface area (Å²) >= 11 is 0. The molecule has 17 heavy (non-hydrogen) atoms. The van der Waals surface area contributed by atoms with Gasteiger partial charge in [0.2, 0.25) is 0 Å². The first kappa shape index (κ1) is 10.5. The highest BCUT2D eigenvalue weighted by atomic mass is 14.8. The minimum atomic E-state index is -0.0444. The molecule has 2 N–H and O–H groups in total. The fourth-order valence-corrected chi connectivity index (χ4v) is 2.28. The molecule has 0 heterocycles. The lowest BCUT2D eigenvalue weighted by molar-refractivity contribution is 0.740. The molecule has 0 amide bonds. The highest BCUT2D eigenvalue weighted by Crippen LogP contribution is 2.43. The molecule has 0 radical (unpaired) electrons. The molecule has 0 saturated heterocycles. The summed E-state index contributed by atoms with van der Waals surface area (Å²) in [5.41, 5.74) is 11.4. The SMILES string of the molecule is Cc1ccc(C2(N)CC2)cc1-c1ccccc1. The number of nitrogens with two attached hydrogens (primary N) is 1. The monoisotopic (exact) mass is 223 g/mol. The van der Waals surface area contributed by atoms with Gasteiger partial charge in [0.15, 0.2) is 0 Å². The van der Waals surface area contributed by atoms with Gasteiger partial charge in [-0.1, -0.05) is 42.5 Å². The van der Waals surface area contributed by atoms with E-state index in [-0.39, 0.29) is 5.54 Å². The Morgan fingerprint density at radius 1 is 1.00 bits per heavy atom. The Hall–Kier alpha value is -1.60. The Kier molecular flexibility index (Phi) is 2.30. The first-order chi connectivity index (χ1) is 8.19. The maximum absolute atomic E-state index is 6.26. The normalized spacial score (nSPS) is 16.8. The average molecular weight is 223 g/mol. The lowest BCUT2D eigenvalue weighted by Gasteiger charge is -2.13. The molecule has 1 fully saturated rings. The average Bonchev–Trinajstić information content (AvgIpc) is 3.10. The third-order valence-electron chi connectivity index (χ3n) is 3.69. The second kappa shape index (κ2) is 3.71. The summed E-state index contributed by atoms with van der Waals surface area (Å²) < 4.78 is 0. The summed E-state index contributed by atoms with van der Waals surface area (Å²) in [5, 5.41) is 0. The molecule has 0 aliphatic heterocycles. The second-order valence-electron chi connectivity index (χ2n) is 5.05. The molecule has 3 rings (SSSR count). The van der Waals surface area contributed by atoms with Gasteiger partial charge in [0, 0.05) is 5.54 Å². The van der Waals surface area contributed by atoms with Crippen LogP contribution in [0, 0.1) is 6.92 Å². The maximum atomic E-state index is 6.26. The van der Waals surface area contributed by atoms with E-state index in [0.717, 1.165) is 12.8 Å². The van der Waals surface area contributed by atoms with Crippen LogP contribution in [0.3, 0.4) is 0 Å². The molecule has 0 atom stereocenters. The van der Waals surface area contributed by atoms with Crippen molar-refractivity contribution >= 4 is 0 Å². The Labute approximate surface area is 102 Å². The third kappa shape index (κ3) is 1.87. The molecule has 1 nitrogen and oxygen atoms in total.